The Morgan fingerprint density at radius 1 is 1.00 bits per heavy atom. The molecule has 1 fully saturated rings. The fourth-order valence-corrected chi connectivity index (χ4v) is 4.34. The van der Waals surface area contributed by atoms with Crippen molar-refractivity contribution >= 4 is 0 Å². The quantitative estimate of drug-likeness (QED) is 0.395. The third kappa shape index (κ3) is 7.37. The summed E-state index contributed by atoms with van der Waals surface area (Å²) in [5.41, 5.74) is 0.629. The van der Waals surface area contributed by atoms with Gasteiger partial charge in [0.2, 0.25) is 0 Å². The van der Waals surface area contributed by atoms with Gasteiger partial charge in [0.15, 0.2) is 0 Å². The lowest BCUT2D eigenvalue weighted by Gasteiger charge is -2.36. The maximum absolute atomic E-state index is 2.59. The predicted molar refractivity (Wildman–Crippen MR) is 87.5 cm³/mol. The molecular weight excluding hydrogens is 228 g/mol. The van der Waals surface area contributed by atoms with E-state index in [-0.39, 0.29) is 0 Å². The molecule has 0 spiro atoms. The molecule has 1 rings (SSSR count). The zero-order chi connectivity index (χ0) is 14.1. The molecule has 1 atom stereocenters. The largest absolute Gasteiger partial charge is 0.0654 e. The Labute approximate surface area is 122 Å². The van der Waals surface area contributed by atoms with E-state index in [0.717, 1.165) is 11.8 Å². The van der Waals surface area contributed by atoms with Crippen molar-refractivity contribution in [1.82, 2.24) is 0 Å². The second kappa shape index (κ2) is 9.03. The molecule has 1 unspecified atom stereocenters. The van der Waals surface area contributed by atoms with Gasteiger partial charge >= 0.3 is 0 Å². The van der Waals surface area contributed by atoms with Gasteiger partial charge < -0.3 is 0 Å². The van der Waals surface area contributed by atoms with Gasteiger partial charge in [-0.1, -0.05) is 85.5 Å². The van der Waals surface area contributed by atoms with Crippen LogP contribution in [0.5, 0.6) is 0 Å². The molecule has 0 amide bonds. The maximum atomic E-state index is 2.59. The van der Waals surface area contributed by atoms with Gasteiger partial charge in [0, 0.05) is 0 Å². The lowest BCUT2D eigenvalue weighted by Crippen LogP contribution is -2.24. The lowest BCUT2D eigenvalue weighted by molar-refractivity contribution is 0.153. The van der Waals surface area contributed by atoms with Gasteiger partial charge in [0.25, 0.3) is 0 Å². The first-order chi connectivity index (χ1) is 9.06. The van der Waals surface area contributed by atoms with Crippen LogP contribution in [-0.4, -0.2) is 0 Å². The summed E-state index contributed by atoms with van der Waals surface area (Å²) in [5.74, 6) is 1.91. The first-order valence-electron chi connectivity index (χ1n) is 9.06. The Morgan fingerprint density at radius 2 is 1.68 bits per heavy atom. The average Bonchev–Trinajstić information content (AvgIpc) is 2.35. The third-order valence-electron chi connectivity index (χ3n) is 5.04. The molecule has 1 saturated carbocycles. The van der Waals surface area contributed by atoms with Crippen LogP contribution in [0, 0.1) is 17.3 Å². The van der Waals surface area contributed by atoms with E-state index in [4.69, 9.17) is 0 Å². The highest BCUT2D eigenvalue weighted by Gasteiger charge is 2.29. The molecule has 0 aliphatic heterocycles. The summed E-state index contributed by atoms with van der Waals surface area (Å²) in [5, 5.41) is 0. The maximum Gasteiger partial charge on any atom is -0.0321 e. The van der Waals surface area contributed by atoms with Crippen molar-refractivity contribution in [3.63, 3.8) is 0 Å². The third-order valence-corrected chi connectivity index (χ3v) is 5.04. The number of hydrogen-bond donors (Lipinski definition) is 0. The standard InChI is InChI=1S/C19H38/c1-5-6-7-11-14-19(4,15-17(2)3)16-18-12-9-8-10-13-18/h17-18H,5-16H2,1-4H3. The summed E-state index contributed by atoms with van der Waals surface area (Å²) >= 11 is 0. The molecule has 0 radical (unpaired) electrons. The summed E-state index contributed by atoms with van der Waals surface area (Å²) < 4.78 is 0. The molecule has 1 aliphatic carbocycles. The Bertz CT molecular complexity index is 212. The van der Waals surface area contributed by atoms with Crippen LogP contribution in [0.25, 0.3) is 0 Å². The molecule has 19 heavy (non-hydrogen) atoms. The summed E-state index contributed by atoms with van der Waals surface area (Å²) in [4.78, 5) is 0. The summed E-state index contributed by atoms with van der Waals surface area (Å²) in [6, 6.07) is 0. The Balaban J connectivity index is 2.42. The van der Waals surface area contributed by atoms with Gasteiger partial charge in [-0.3, -0.25) is 0 Å². The monoisotopic (exact) mass is 266 g/mol. The van der Waals surface area contributed by atoms with Gasteiger partial charge in [0.05, 0.1) is 0 Å². The number of hydrogen-bond acceptors (Lipinski definition) is 0. The number of unbranched alkanes of at least 4 members (excludes halogenated alkanes) is 3. The van der Waals surface area contributed by atoms with E-state index < -0.39 is 0 Å². The van der Waals surface area contributed by atoms with Gasteiger partial charge in [-0.15, -0.1) is 0 Å². The van der Waals surface area contributed by atoms with Crippen LogP contribution in [-0.2, 0) is 0 Å². The average molecular weight is 267 g/mol. The molecule has 0 aromatic carbocycles. The second-order valence-corrected chi connectivity index (χ2v) is 7.93. The molecule has 0 saturated heterocycles. The van der Waals surface area contributed by atoms with Crippen LogP contribution in [0.3, 0.4) is 0 Å². The topological polar surface area (TPSA) is 0 Å². The summed E-state index contributed by atoms with van der Waals surface area (Å²) in [6.45, 7) is 9.72. The Kier molecular flexibility index (Phi) is 8.11. The molecule has 0 nitrogen and oxygen atoms in total. The summed E-state index contributed by atoms with van der Waals surface area (Å²) in [6.07, 6.45) is 17.7. The predicted octanol–water partition coefficient (Wildman–Crippen LogP) is 6.98. The van der Waals surface area contributed by atoms with Crippen molar-refractivity contribution in [2.24, 2.45) is 17.3 Å². The van der Waals surface area contributed by atoms with Crippen LogP contribution in [0.1, 0.15) is 105 Å². The Morgan fingerprint density at radius 3 is 2.26 bits per heavy atom. The van der Waals surface area contributed by atoms with Gasteiger partial charge in [-0.05, 0) is 36.5 Å². The van der Waals surface area contributed by atoms with Crippen molar-refractivity contribution in [3.8, 4) is 0 Å². The molecule has 114 valence electrons. The van der Waals surface area contributed by atoms with Crippen LogP contribution in [0.4, 0.5) is 0 Å². The molecule has 0 heterocycles. The van der Waals surface area contributed by atoms with E-state index in [1.807, 2.05) is 0 Å². The highest BCUT2D eigenvalue weighted by atomic mass is 14.3. The van der Waals surface area contributed by atoms with E-state index >= 15 is 0 Å². The van der Waals surface area contributed by atoms with E-state index in [9.17, 15) is 0 Å². The van der Waals surface area contributed by atoms with Crippen molar-refractivity contribution in [2.45, 2.75) is 105 Å². The normalized spacial score (nSPS) is 20.7. The molecule has 0 heteroatoms. The first kappa shape index (κ1) is 17.1. The molecule has 0 aromatic heterocycles. The highest BCUT2D eigenvalue weighted by Crippen LogP contribution is 2.42. The first-order valence-corrected chi connectivity index (χ1v) is 9.06. The van der Waals surface area contributed by atoms with Gasteiger partial charge in [-0.2, -0.15) is 0 Å². The number of rotatable bonds is 9. The minimum atomic E-state index is 0.629. The minimum absolute atomic E-state index is 0.629. The van der Waals surface area contributed by atoms with Crippen molar-refractivity contribution in [3.05, 3.63) is 0 Å². The fourth-order valence-electron chi connectivity index (χ4n) is 4.34. The van der Waals surface area contributed by atoms with Crippen LogP contribution >= 0.6 is 0 Å². The Hall–Kier alpha value is 0. The zero-order valence-electron chi connectivity index (χ0n) is 14.1. The summed E-state index contributed by atoms with van der Waals surface area (Å²) in [7, 11) is 0. The van der Waals surface area contributed by atoms with Crippen molar-refractivity contribution in [1.29, 1.82) is 0 Å². The zero-order valence-corrected chi connectivity index (χ0v) is 14.1. The van der Waals surface area contributed by atoms with E-state index in [1.165, 1.54) is 77.0 Å². The SMILES string of the molecule is CCCCCCC(C)(CC(C)C)CC1CCCCC1. The smallest absolute Gasteiger partial charge is 0.0321 e. The van der Waals surface area contributed by atoms with E-state index in [2.05, 4.69) is 27.7 Å². The molecule has 0 N–H and O–H groups in total. The fraction of sp³-hybridized carbons (Fsp3) is 1.00. The van der Waals surface area contributed by atoms with E-state index in [0.29, 0.717) is 5.41 Å². The lowest BCUT2D eigenvalue weighted by atomic mass is 9.69. The molecule has 0 aromatic rings. The highest BCUT2D eigenvalue weighted by molar-refractivity contribution is 4.81. The van der Waals surface area contributed by atoms with Gasteiger partial charge in [-0.25, -0.2) is 0 Å². The van der Waals surface area contributed by atoms with Crippen LogP contribution < -0.4 is 0 Å². The van der Waals surface area contributed by atoms with Crippen LogP contribution in [0.15, 0.2) is 0 Å². The van der Waals surface area contributed by atoms with Gasteiger partial charge in [0.1, 0.15) is 0 Å². The second-order valence-electron chi connectivity index (χ2n) is 7.93. The molecule has 1 aliphatic rings. The molecular formula is C19H38. The van der Waals surface area contributed by atoms with Crippen molar-refractivity contribution < 1.29 is 0 Å². The van der Waals surface area contributed by atoms with E-state index in [1.54, 1.807) is 0 Å². The van der Waals surface area contributed by atoms with Crippen LogP contribution in [0.2, 0.25) is 0 Å². The van der Waals surface area contributed by atoms with Crippen molar-refractivity contribution in [2.75, 3.05) is 0 Å². The molecule has 0 bridgehead atoms. The minimum Gasteiger partial charge on any atom is -0.0654 e.